The lowest BCUT2D eigenvalue weighted by molar-refractivity contribution is 0.323. The molecule has 0 atom stereocenters. The van der Waals surface area contributed by atoms with Crippen LogP contribution < -0.4 is 25.1 Å². The molecular weight excluding hydrogens is 344 g/mol. The molecule has 0 aliphatic rings. The Balaban J connectivity index is 1.76. The van der Waals surface area contributed by atoms with Crippen LogP contribution in [0.4, 0.5) is 0 Å². The molecule has 0 aliphatic carbocycles. The molecule has 0 aliphatic heterocycles. The fourth-order valence-electron chi connectivity index (χ4n) is 3.07. The summed E-state index contributed by atoms with van der Waals surface area (Å²) in [5, 5.41) is 4.32. The Morgan fingerprint density at radius 3 is 2.26 bits per heavy atom. The van der Waals surface area contributed by atoms with Gasteiger partial charge in [-0.3, -0.25) is 4.79 Å². The summed E-state index contributed by atoms with van der Waals surface area (Å²) in [5.41, 5.74) is 3.56. The van der Waals surface area contributed by atoms with Crippen LogP contribution in [0.1, 0.15) is 16.7 Å². The third kappa shape index (κ3) is 4.06. The Hall–Kier alpha value is -2.99. The van der Waals surface area contributed by atoms with Crippen LogP contribution in [0.3, 0.4) is 0 Å². The van der Waals surface area contributed by atoms with Crippen LogP contribution >= 0.6 is 0 Å². The largest absolute Gasteiger partial charge is 0.493 e. The van der Waals surface area contributed by atoms with E-state index in [1.54, 1.807) is 21.3 Å². The molecule has 142 valence electrons. The van der Waals surface area contributed by atoms with Crippen molar-refractivity contribution in [2.45, 2.75) is 20.0 Å². The Morgan fingerprint density at radius 2 is 1.63 bits per heavy atom. The molecule has 0 saturated carbocycles. The number of hydrogen-bond acceptors (Lipinski definition) is 5. The van der Waals surface area contributed by atoms with Gasteiger partial charge in [0.1, 0.15) is 0 Å². The van der Waals surface area contributed by atoms with E-state index in [0.717, 1.165) is 22.0 Å². The highest BCUT2D eigenvalue weighted by Gasteiger charge is 2.13. The zero-order chi connectivity index (χ0) is 19.4. The highest BCUT2D eigenvalue weighted by atomic mass is 16.5. The fraction of sp³-hybridized carbons (Fsp3) is 0.286. The monoisotopic (exact) mass is 368 g/mol. The molecule has 0 fully saturated rings. The molecule has 2 aromatic carbocycles. The number of benzene rings is 2. The Morgan fingerprint density at radius 1 is 0.926 bits per heavy atom. The molecule has 0 saturated heterocycles. The van der Waals surface area contributed by atoms with E-state index in [1.165, 1.54) is 0 Å². The van der Waals surface area contributed by atoms with Gasteiger partial charge in [0.2, 0.25) is 5.75 Å². The maximum absolute atomic E-state index is 12.3. The van der Waals surface area contributed by atoms with Crippen molar-refractivity contribution >= 4 is 10.9 Å². The number of methoxy groups -OCH3 is 3. The van der Waals surface area contributed by atoms with Crippen LogP contribution in [0.5, 0.6) is 17.2 Å². The predicted molar refractivity (Wildman–Crippen MR) is 106 cm³/mol. The quantitative estimate of drug-likeness (QED) is 0.670. The van der Waals surface area contributed by atoms with Gasteiger partial charge in [-0.15, -0.1) is 0 Å². The van der Waals surface area contributed by atoms with E-state index in [2.05, 4.69) is 10.3 Å². The lowest BCUT2D eigenvalue weighted by atomic mass is 10.1. The summed E-state index contributed by atoms with van der Waals surface area (Å²) in [6.07, 6.45) is 0. The number of nitrogens with one attached hydrogen (secondary N) is 2. The molecule has 3 rings (SSSR count). The van der Waals surface area contributed by atoms with Gasteiger partial charge in [-0.25, -0.2) is 0 Å². The van der Waals surface area contributed by atoms with Gasteiger partial charge in [-0.1, -0.05) is 12.1 Å². The molecule has 1 aromatic heterocycles. The van der Waals surface area contributed by atoms with E-state index in [0.29, 0.717) is 35.9 Å². The number of H-pyrrole nitrogens is 1. The van der Waals surface area contributed by atoms with Gasteiger partial charge in [0.15, 0.2) is 11.5 Å². The topological polar surface area (TPSA) is 72.6 Å². The summed E-state index contributed by atoms with van der Waals surface area (Å²) in [7, 11) is 4.75. The van der Waals surface area contributed by atoms with E-state index < -0.39 is 0 Å². The predicted octanol–water partition coefficient (Wildman–Crippen LogP) is 3.15. The van der Waals surface area contributed by atoms with Crippen molar-refractivity contribution in [1.29, 1.82) is 0 Å². The second kappa shape index (κ2) is 8.14. The van der Waals surface area contributed by atoms with Crippen LogP contribution in [0.15, 0.2) is 41.2 Å². The molecule has 6 nitrogen and oxygen atoms in total. The lowest BCUT2D eigenvalue weighted by Crippen LogP contribution is -2.20. The first-order valence-corrected chi connectivity index (χ1v) is 8.68. The van der Waals surface area contributed by atoms with Gasteiger partial charge in [0.25, 0.3) is 5.56 Å². The average Bonchev–Trinajstić information content (AvgIpc) is 2.67. The second-order valence-corrected chi connectivity index (χ2v) is 6.35. The molecule has 3 aromatic rings. The van der Waals surface area contributed by atoms with Gasteiger partial charge >= 0.3 is 0 Å². The van der Waals surface area contributed by atoms with Gasteiger partial charge in [0.05, 0.1) is 21.3 Å². The molecule has 2 N–H and O–H groups in total. The van der Waals surface area contributed by atoms with Crippen molar-refractivity contribution in [3.8, 4) is 17.2 Å². The summed E-state index contributed by atoms with van der Waals surface area (Å²) in [4.78, 5) is 15.3. The van der Waals surface area contributed by atoms with Crippen molar-refractivity contribution < 1.29 is 14.2 Å². The second-order valence-electron chi connectivity index (χ2n) is 6.35. The zero-order valence-corrected chi connectivity index (χ0v) is 16.0. The minimum Gasteiger partial charge on any atom is -0.493 e. The van der Waals surface area contributed by atoms with Gasteiger partial charge in [-0.05, 0) is 47.7 Å². The molecule has 6 heteroatoms. The van der Waals surface area contributed by atoms with Crippen molar-refractivity contribution in [3.05, 3.63) is 63.4 Å². The first-order valence-electron chi connectivity index (χ1n) is 8.68. The molecule has 0 bridgehead atoms. The fourth-order valence-corrected chi connectivity index (χ4v) is 3.07. The Kier molecular flexibility index (Phi) is 5.66. The number of fused-ring (bicyclic) bond motifs is 1. The number of hydrogen-bond donors (Lipinski definition) is 2. The Bertz CT molecular complexity index is 986. The zero-order valence-electron chi connectivity index (χ0n) is 16.0. The van der Waals surface area contributed by atoms with Gasteiger partial charge in [-0.2, -0.15) is 0 Å². The van der Waals surface area contributed by atoms with Crippen LogP contribution in [0, 0.1) is 6.92 Å². The summed E-state index contributed by atoms with van der Waals surface area (Å²) in [6.45, 7) is 3.02. The third-order valence-electron chi connectivity index (χ3n) is 4.45. The lowest BCUT2D eigenvalue weighted by Gasteiger charge is -2.14. The molecule has 0 amide bonds. The average molecular weight is 368 g/mol. The maximum atomic E-state index is 12.3. The minimum atomic E-state index is -0.0782. The van der Waals surface area contributed by atoms with E-state index in [1.807, 2.05) is 43.3 Å². The normalized spacial score (nSPS) is 10.8. The number of rotatable bonds is 7. The molecule has 0 spiro atoms. The van der Waals surface area contributed by atoms with Crippen molar-refractivity contribution in [3.63, 3.8) is 0 Å². The highest BCUT2D eigenvalue weighted by molar-refractivity contribution is 5.79. The number of pyridine rings is 1. The summed E-state index contributed by atoms with van der Waals surface area (Å²) >= 11 is 0. The number of aromatic amines is 1. The van der Waals surface area contributed by atoms with Crippen molar-refractivity contribution in [1.82, 2.24) is 10.3 Å². The Labute approximate surface area is 158 Å². The van der Waals surface area contributed by atoms with Crippen LogP contribution in [0.25, 0.3) is 10.9 Å². The first kappa shape index (κ1) is 18.8. The van der Waals surface area contributed by atoms with Gasteiger partial charge in [0, 0.05) is 24.2 Å². The van der Waals surface area contributed by atoms with Gasteiger partial charge < -0.3 is 24.5 Å². The maximum Gasteiger partial charge on any atom is 0.252 e. The SMILES string of the molecule is COc1cc(CNCc2cc3ccc(C)cc3[nH]c2=O)cc(OC)c1OC. The first-order chi connectivity index (χ1) is 13.0. The highest BCUT2D eigenvalue weighted by Crippen LogP contribution is 2.38. The third-order valence-corrected chi connectivity index (χ3v) is 4.45. The number of ether oxygens (including phenoxy) is 3. The standard InChI is InChI=1S/C21H24N2O4/c1-13-5-6-15-10-16(21(24)23-17(15)7-13)12-22-11-14-8-18(25-2)20(27-4)19(9-14)26-3/h5-10,22H,11-12H2,1-4H3,(H,23,24). The molecular formula is C21H24N2O4. The molecule has 0 radical (unpaired) electrons. The minimum absolute atomic E-state index is 0.0782. The summed E-state index contributed by atoms with van der Waals surface area (Å²) < 4.78 is 16.1. The summed E-state index contributed by atoms with van der Waals surface area (Å²) in [5.74, 6) is 1.77. The van der Waals surface area contributed by atoms with Crippen molar-refractivity contribution in [2.75, 3.05) is 21.3 Å². The van der Waals surface area contributed by atoms with Crippen LogP contribution in [-0.4, -0.2) is 26.3 Å². The number of aromatic nitrogens is 1. The van der Waals surface area contributed by atoms with Crippen LogP contribution in [-0.2, 0) is 13.1 Å². The number of aryl methyl sites for hydroxylation is 1. The molecule has 0 unspecified atom stereocenters. The van der Waals surface area contributed by atoms with E-state index in [9.17, 15) is 4.79 Å². The van der Waals surface area contributed by atoms with E-state index >= 15 is 0 Å². The van der Waals surface area contributed by atoms with E-state index in [4.69, 9.17) is 14.2 Å². The van der Waals surface area contributed by atoms with Crippen molar-refractivity contribution in [2.24, 2.45) is 0 Å². The smallest absolute Gasteiger partial charge is 0.252 e. The van der Waals surface area contributed by atoms with E-state index in [-0.39, 0.29) is 5.56 Å². The van der Waals surface area contributed by atoms with Crippen LogP contribution in [0.2, 0.25) is 0 Å². The molecule has 27 heavy (non-hydrogen) atoms. The summed E-state index contributed by atoms with van der Waals surface area (Å²) in [6, 6.07) is 11.7. The molecule has 1 heterocycles.